The molecule has 0 radical (unpaired) electrons. The van der Waals surface area contributed by atoms with Gasteiger partial charge in [-0.25, -0.2) is 0 Å². The van der Waals surface area contributed by atoms with Crippen LogP contribution >= 0.6 is 0 Å². The second-order valence-electron chi connectivity index (χ2n) is 5.79. The second kappa shape index (κ2) is 6.83. The zero-order chi connectivity index (χ0) is 14.5. The van der Waals surface area contributed by atoms with Crippen molar-refractivity contribution >= 4 is 5.91 Å². The lowest BCUT2D eigenvalue weighted by Gasteiger charge is -2.29. The van der Waals surface area contributed by atoms with Gasteiger partial charge in [-0.1, -0.05) is 5.16 Å². The third kappa shape index (κ3) is 4.30. The molecule has 1 aromatic heterocycles. The van der Waals surface area contributed by atoms with E-state index in [-0.39, 0.29) is 5.91 Å². The van der Waals surface area contributed by atoms with E-state index in [4.69, 9.17) is 4.52 Å². The monoisotopic (exact) mass is 280 g/mol. The van der Waals surface area contributed by atoms with E-state index >= 15 is 0 Å². The number of rotatable bonds is 5. The Morgan fingerprint density at radius 3 is 3.00 bits per heavy atom. The highest BCUT2D eigenvalue weighted by Gasteiger charge is 2.19. The fourth-order valence-corrected chi connectivity index (χ4v) is 2.72. The number of piperidine rings is 1. The van der Waals surface area contributed by atoms with E-state index in [0.717, 1.165) is 13.0 Å². The van der Waals surface area contributed by atoms with Crippen LogP contribution in [0.4, 0.5) is 0 Å². The Morgan fingerprint density at radius 1 is 1.55 bits per heavy atom. The van der Waals surface area contributed by atoms with Crippen LogP contribution in [-0.2, 0) is 11.3 Å². The van der Waals surface area contributed by atoms with E-state index in [2.05, 4.69) is 22.1 Å². The number of hydrogen-bond donors (Lipinski definition) is 0. The van der Waals surface area contributed by atoms with Crippen molar-refractivity contribution in [2.45, 2.75) is 39.2 Å². The van der Waals surface area contributed by atoms with Crippen molar-refractivity contribution in [3.8, 4) is 0 Å². The number of carbonyl (C=O) groups excluding carboxylic acids is 1. The lowest BCUT2D eigenvalue weighted by atomic mass is 9.93. The van der Waals surface area contributed by atoms with Gasteiger partial charge in [0, 0.05) is 20.0 Å². The molecule has 6 nitrogen and oxygen atoms in total. The summed E-state index contributed by atoms with van der Waals surface area (Å²) < 4.78 is 5.03. The van der Waals surface area contributed by atoms with Crippen molar-refractivity contribution in [3.63, 3.8) is 0 Å². The van der Waals surface area contributed by atoms with Gasteiger partial charge in [-0.2, -0.15) is 4.98 Å². The van der Waals surface area contributed by atoms with Crippen LogP contribution in [0.1, 0.15) is 37.4 Å². The number of aromatic nitrogens is 2. The first-order chi connectivity index (χ1) is 9.54. The summed E-state index contributed by atoms with van der Waals surface area (Å²) in [6.45, 7) is 4.46. The summed E-state index contributed by atoms with van der Waals surface area (Å²) in [4.78, 5) is 20.2. The fraction of sp³-hybridized carbons (Fsp3) is 0.786. The Hall–Kier alpha value is -1.43. The Labute approximate surface area is 120 Å². The number of hydrogen-bond acceptors (Lipinski definition) is 5. The van der Waals surface area contributed by atoms with Gasteiger partial charge < -0.3 is 14.3 Å². The maximum absolute atomic E-state index is 12.1. The smallest absolute Gasteiger partial charge is 0.246 e. The van der Waals surface area contributed by atoms with Crippen LogP contribution in [0.2, 0.25) is 0 Å². The van der Waals surface area contributed by atoms with Crippen molar-refractivity contribution in [1.29, 1.82) is 0 Å². The standard InChI is InChI=1S/C14H24N4O2/c1-11-15-13(20-16-11)10-18(3)14(19)7-6-12-5-4-8-17(2)9-12/h12H,4-10H2,1-3H3/t12-/m0/s1. The number of likely N-dealkylation sites (tertiary alicyclic amines) is 1. The van der Waals surface area contributed by atoms with Crippen LogP contribution in [0.3, 0.4) is 0 Å². The van der Waals surface area contributed by atoms with Crippen molar-refractivity contribution < 1.29 is 9.32 Å². The predicted molar refractivity (Wildman–Crippen MR) is 75.0 cm³/mol. The first-order valence-corrected chi connectivity index (χ1v) is 7.26. The molecule has 2 heterocycles. The minimum atomic E-state index is 0.147. The number of nitrogens with zero attached hydrogens (tertiary/aromatic N) is 4. The van der Waals surface area contributed by atoms with Gasteiger partial charge >= 0.3 is 0 Å². The zero-order valence-electron chi connectivity index (χ0n) is 12.6. The van der Waals surface area contributed by atoms with Crippen molar-refractivity contribution in [1.82, 2.24) is 19.9 Å². The van der Waals surface area contributed by atoms with Crippen LogP contribution in [0.5, 0.6) is 0 Å². The van der Waals surface area contributed by atoms with Crippen molar-refractivity contribution in [2.75, 3.05) is 27.2 Å². The van der Waals surface area contributed by atoms with E-state index in [0.29, 0.717) is 30.6 Å². The molecule has 1 amide bonds. The summed E-state index contributed by atoms with van der Waals surface area (Å²) in [5, 5.41) is 3.73. The molecular formula is C14H24N4O2. The molecule has 0 N–H and O–H groups in total. The van der Waals surface area contributed by atoms with Gasteiger partial charge in [0.1, 0.15) is 0 Å². The molecule has 1 atom stereocenters. The van der Waals surface area contributed by atoms with E-state index < -0.39 is 0 Å². The van der Waals surface area contributed by atoms with Crippen molar-refractivity contribution in [3.05, 3.63) is 11.7 Å². The molecule has 0 aliphatic carbocycles. The van der Waals surface area contributed by atoms with Crippen LogP contribution in [0.15, 0.2) is 4.52 Å². The highest BCUT2D eigenvalue weighted by atomic mass is 16.5. The first kappa shape index (κ1) is 15.0. The van der Waals surface area contributed by atoms with Gasteiger partial charge in [0.15, 0.2) is 5.82 Å². The summed E-state index contributed by atoms with van der Waals surface area (Å²) in [6.07, 6.45) is 4.05. The molecule has 0 spiro atoms. The molecule has 1 aromatic rings. The lowest BCUT2D eigenvalue weighted by molar-refractivity contribution is -0.131. The molecule has 1 aliphatic rings. The van der Waals surface area contributed by atoms with Gasteiger partial charge in [0.05, 0.1) is 6.54 Å². The quantitative estimate of drug-likeness (QED) is 0.817. The molecule has 0 saturated carbocycles. The molecule has 0 bridgehead atoms. The van der Waals surface area contributed by atoms with Gasteiger partial charge in [0.25, 0.3) is 0 Å². The topological polar surface area (TPSA) is 62.5 Å². The Bertz CT molecular complexity index is 446. The van der Waals surface area contributed by atoms with Crippen LogP contribution < -0.4 is 0 Å². The average Bonchev–Trinajstić information content (AvgIpc) is 2.81. The normalized spacial score (nSPS) is 20.1. The maximum atomic E-state index is 12.1. The van der Waals surface area contributed by atoms with Gasteiger partial charge in [0.2, 0.25) is 11.8 Å². The second-order valence-corrected chi connectivity index (χ2v) is 5.79. The minimum Gasteiger partial charge on any atom is -0.337 e. The fourth-order valence-electron chi connectivity index (χ4n) is 2.72. The largest absolute Gasteiger partial charge is 0.337 e. The summed E-state index contributed by atoms with van der Waals surface area (Å²) in [5.41, 5.74) is 0. The van der Waals surface area contributed by atoms with Crippen LogP contribution in [0.25, 0.3) is 0 Å². The molecule has 112 valence electrons. The first-order valence-electron chi connectivity index (χ1n) is 7.26. The molecule has 2 rings (SSSR count). The number of amides is 1. The molecule has 1 fully saturated rings. The number of aryl methyl sites for hydroxylation is 1. The van der Waals surface area contributed by atoms with Gasteiger partial charge in [-0.05, 0) is 45.7 Å². The predicted octanol–water partition coefficient (Wildman–Crippen LogP) is 1.46. The minimum absolute atomic E-state index is 0.147. The Morgan fingerprint density at radius 2 is 2.35 bits per heavy atom. The highest BCUT2D eigenvalue weighted by Crippen LogP contribution is 2.20. The third-order valence-corrected chi connectivity index (χ3v) is 3.86. The molecular weight excluding hydrogens is 256 g/mol. The van der Waals surface area contributed by atoms with Gasteiger partial charge in [-0.15, -0.1) is 0 Å². The molecule has 20 heavy (non-hydrogen) atoms. The third-order valence-electron chi connectivity index (χ3n) is 3.86. The summed E-state index contributed by atoms with van der Waals surface area (Å²) in [7, 11) is 3.94. The van der Waals surface area contributed by atoms with E-state index in [1.807, 2.05) is 0 Å². The summed E-state index contributed by atoms with van der Waals surface area (Å²) in [5.74, 6) is 1.90. The summed E-state index contributed by atoms with van der Waals surface area (Å²) in [6, 6.07) is 0. The van der Waals surface area contributed by atoms with E-state index in [1.165, 1.54) is 19.4 Å². The molecule has 1 aliphatic heterocycles. The molecule has 0 aromatic carbocycles. The maximum Gasteiger partial charge on any atom is 0.246 e. The van der Waals surface area contributed by atoms with E-state index in [1.54, 1.807) is 18.9 Å². The highest BCUT2D eigenvalue weighted by molar-refractivity contribution is 5.75. The molecule has 0 unspecified atom stereocenters. The Kier molecular flexibility index (Phi) is 5.11. The average molecular weight is 280 g/mol. The Balaban J connectivity index is 1.73. The van der Waals surface area contributed by atoms with Crippen LogP contribution in [-0.4, -0.2) is 53.0 Å². The lowest BCUT2D eigenvalue weighted by Crippen LogP contribution is -2.33. The van der Waals surface area contributed by atoms with Gasteiger partial charge in [-0.3, -0.25) is 4.79 Å². The SMILES string of the molecule is Cc1noc(CN(C)C(=O)CC[C@@H]2CCCN(C)C2)n1. The molecule has 6 heteroatoms. The van der Waals surface area contributed by atoms with E-state index in [9.17, 15) is 4.79 Å². The number of carbonyl (C=O) groups is 1. The van der Waals surface area contributed by atoms with Crippen LogP contribution in [0, 0.1) is 12.8 Å². The van der Waals surface area contributed by atoms with Crippen molar-refractivity contribution in [2.24, 2.45) is 5.92 Å². The summed E-state index contributed by atoms with van der Waals surface area (Å²) >= 11 is 0. The molecule has 1 saturated heterocycles. The zero-order valence-corrected chi connectivity index (χ0v) is 12.6.